The first-order chi connectivity index (χ1) is 11.3. The fraction of sp³-hybridized carbons (Fsp3) is 0.562. The summed E-state index contributed by atoms with van der Waals surface area (Å²) in [6.07, 6.45) is -3.18. The van der Waals surface area contributed by atoms with Crippen LogP contribution in [-0.4, -0.2) is 37.0 Å². The maximum absolute atomic E-state index is 13.2. The van der Waals surface area contributed by atoms with Gasteiger partial charge in [-0.15, -0.1) is 0 Å². The lowest BCUT2D eigenvalue weighted by molar-refractivity contribution is -0.139. The molecular weight excluding hydrogens is 326 g/mol. The third-order valence-corrected chi connectivity index (χ3v) is 4.09. The predicted molar refractivity (Wildman–Crippen MR) is 81.5 cm³/mol. The molecule has 0 spiro atoms. The average Bonchev–Trinajstić information content (AvgIpc) is 2.53. The zero-order valence-corrected chi connectivity index (χ0v) is 13.2. The molecule has 1 unspecified atom stereocenters. The van der Waals surface area contributed by atoms with Crippen LogP contribution in [0.25, 0.3) is 0 Å². The van der Waals surface area contributed by atoms with Gasteiger partial charge in [0.05, 0.1) is 11.5 Å². The van der Waals surface area contributed by atoms with Crippen LogP contribution in [0, 0.1) is 11.7 Å². The van der Waals surface area contributed by atoms with Gasteiger partial charge in [-0.3, -0.25) is 9.69 Å². The highest BCUT2D eigenvalue weighted by molar-refractivity contribution is 5.78. The summed E-state index contributed by atoms with van der Waals surface area (Å²) in [6.45, 7) is 1.74. The number of nitrogens with one attached hydrogen (secondary N) is 1. The highest BCUT2D eigenvalue weighted by Gasteiger charge is 2.35. The van der Waals surface area contributed by atoms with Crippen molar-refractivity contribution in [3.8, 4) is 0 Å². The topological polar surface area (TPSA) is 58.4 Å². The van der Waals surface area contributed by atoms with Crippen molar-refractivity contribution in [2.45, 2.75) is 25.6 Å². The standard InChI is InChI=1S/C16H21F4N3O/c17-13-4-3-11(14(8-13)16(18,19)20)9-23-7-1-2-12(10-23)15(24)22-6-5-21/h3-4,8,12H,1-2,5-7,9-10,21H2,(H,22,24). The van der Waals surface area contributed by atoms with Crippen molar-refractivity contribution < 1.29 is 22.4 Å². The molecule has 0 aliphatic carbocycles. The number of halogens is 4. The van der Waals surface area contributed by atoms with Gasteiger partial charge in [0, 0.05) is 26.2 Å². The zero-order valence-electron chi connectivity index (χ0n) is 13.2. The molecule has 8 heteroatoms. The summed E-state index contributed by atoms with van der Waals surface area (Å²) in [5, 5.41) is 2.71. The van der Waals surface area contributed by atoms with E-state index in [0.29, 0.717) is 38.7 Å². The molecule has 1 amide bonds. The second-order valence-electron chi connectivity index (χ2n) is 5.95. The van der Waals surface area contributed by atoms with E-state index in [9.17, 15) is 22.4 Å². The molecule has 1 aliphatic heterocycles. The second kappa shape index (κ2) is 7.94. The van der Waals surface area contributed by atoms with Gasteiger partial charge in [0.1, 0.15) is 5.82 Å². The number of piperidine rings is 1. The number of alkyl halides is 3. The lowest BCUT2D eigenvalue weighted by atomic mass is 9.96. The Morgan fingerprint density at radius 2 is 2.12 bits per heavy atom. The van der Waals surface area contributed by atoms with Crippen molar-refractivity contribution in [1.29, 1.82) is 0 Å². The van der Waals surface area contributed by atoms with Gasteiger partial charge >= 0.3 is 6.18 Å². The molecule has 0 bridgehead atoms. The number of hydrogen-bond donors (Lipinski definition) is 2. The first-order valence-electron chi connectivity index (χ1n) is 7.87. The van der Waals surface area contributed by atoms with Gasteiger partial charge in [0.25, 0.3) is 0 Å². The Labute approximate surface area is 138 Å². The van der Waals surface area contributed by atoms with Crippen LogP contribution in [0.1, 0.15) is 24.0 Å². The number of carbonyl (C=O) groups excluding carboxylic acids is 1. The normalized spacial score (nSPS) is 19.3. The fourth-order valence-electron chi connectivity index (χ4n) is 2.94. The van der Waals surface area contributed by atoms with Crippen LogP contribution in [0.15, 0.2) is 18.2 Å². The first kappa shape index (κ1) is 18.7. The minimum atomic E-state index is -4.61. The number of rotatable bonds is 5. The molecule has 1 aliphatic rings. The number of amides is 1. The lowest BCUT2D eigenvalue weighted by Gasteiger charge is -2.32. The molecule has 1 atom stereocenters. The Kier molecular flexibility index (Phi) is 6.17. The van der Waals surface area contributed by atoms with Crippen molar-refractivity contribution in [3.63, 3.8) is 0 Å². The maximum Gasteiger partial charge on any atom is 0.416 e. The Bertz CT molecular complexity index is 577. The zero-order chi connectivity index (χ0) is 17.7. The van der Waals surface area contributed by atoms with Crippen molar-refractivity contribution in [2.75, 3.05) is 26.2 Å². The Morgan fingerprint density at radius 1 is 1.38 bits per heavy atom. The molecule has 0 saturated carbocycles. The number of nitrogens with two attached hydrogens (primary N) is 1. The minimum Gasteiger partial charge on any atom is -0.355 e. The molecule has 1 heterocycles. The van der Waals surface area contributed by atoms with Crippen LogP contribution in [0.3, 0.4) is 0 Å². The van der Waals surface area contributed by atoms with Gasteiger partial charge in [-0.2, -0.15) is 13.2 Å². The average molecular weight is 347 g/mol. The summed E-state index contributed by atoms with van der Waals surface area (Å²) in [4.78, 5) is 13.8. The van der Waals surface area contributed by atoms with E-state index < -0.39 is 17.6 Å². The van der Waals surface area contributed by atoms with Crippen LogP contribution in [0.5, 0.6) is 0 Å². The Morgan fingerprint density at radius 3 is 2.79 bits per heavy atom. The SMILES string of the molecule is NCCNC(=O)C1CCCN(Cc2ccc(F)cc2C(F)(F)F)C1. The first-order valence-corrected chi connectivity index (χ1v) is 7.87. The molecule has 1 saturated heterocycles. The molecule has 0 aromatic heterocycles. The predicted octanol–water partition coefficient (Wildman–Crippen LogP) is 2.13. The van der Waals surface area contributed by atoms with Crippen molar-refractivity contribution in [2.24, 2.45) is 11.7 Å². The molecule has 1 aromatic rings. The van der Waals surface area contributed by atoms with Crippen molar-refractivity contribution >= 4 is 5.91 Å². The molecule has 134 valence electrons. The summed E-state index contributed by atoms with van der Waals surface area (Å²) >= 11 is 0. The summed E-state index contributed by atoms with van der Waals surface area (Å²) in [5.74, 6) is -1.30. The largest absolute Gasteiger partial charge is 0.416 e. The fourth-order valence-corrected chi connectivity index (χ4v) is 2.94. The smallest absolute Gasteiger partial charge is 0.355 e. The van der Waals surface area contributed by atoms with Gasteiger partial charge in [0.2, 0.25) is 5.91 Å². The van der Waals surface area contributed by atoms with E-state index in [2.05, 4.69) is 5.32 Å². The quantitative estimate of drug-likeness (QED) is 0.803. The summed E-state index contributed by atoms with van der Waals surface area (Å²) in [6, 6.07) is 2.71. The van der Waals surface area contributed by atoms with E-state index >= 15 is 0 Å². The van der Waals surface area contributed by atoms with Crippen LogP contribution in [0.2, 0.25) is 0 Å². The number of carbonyl (C=O) groups is 1. The summed E-state index contributed by atoms with van der Waals surface area (Å²) in [5.41, 5.74) is 4.40. The van der Waals surface area contributed by atoms with E-state index in [1.807, 2.05) is 0 Å². The summed E-state index contributed by atoms with van der Waals surface area (Å²) in [7, 11) is 0. The molecule has 1 fully saturated rings. The molecule has 3 N–H and O–H groups in total. The van der Waals surface area contributed by atoms with Crippen LogP contribution < -0.4 is 11.1 Å². The highest BCUT2D eigenvalue weighted by atomic mass is 19.4. The van der Waals surface area contributed by atoms with Gasteiger partial charge in [-0.1, -0.05) is 6.07 Å². The van der Waals surface area contributed by atoms with Crippen molar-refractivity contribution in [3.05, 3.63) is 35.1 Å². The lowest BCUT2D eigenvalue weighted by Crippen LogP contribution is -2.43. The van der Waals surface area contributed by atoms with Crippen molar-refractivity contribution in [1.82, 2.24) is 10.2 Å². The molecular formula is C16H21F4N3O. The number of benzene rings is 1. The Balaban J connectivity index is 2.07. The Hall–Kier alpha value is -1.67. The van der Waals surface area contributed by atoms with Crippen LogP contribution >= 0.6 is 0 Å². The van der Waals surface area contributed by atoms with E-state index in [-0.39, 0.29) is 23.9 Å². The number of hydrogen-bond acceptors (Lipinski definition) is 3. The highest BCUT2D eigenvalue weighted by Crippen LogP contribution is 2.33. The van der Waals surface area contributed by atoms with Gasteiger partial charge in [-0.25, -0.2) is 4.39 Å². The van der Waals surface area contributed by atoms with Gasteiger partial charge < -0.3 is 11.1 Å². The van der Waals surface area contributed by atoms with Crippen LogP contribution in [0.4, 0.5) is 17.6 Å². The van der Waals surface area contributed by atoms with Crippen LogP contribution in [-0.2, 0) is 17.5 Å². The number of likely N-dealkylation sites (tertiary alicyclic amines) is 1. The molecule has 4 nitrogen and oxygen atoms in total. The monoisotopic (exact) mass is 347 g/mol. The van der Waals surface area contributed by atoms with E-state index in [0.717, 1.165) is 18.6 Å². The van der Waals surface area contributed by atoms with E-state index in [4.69, 9.17) is 5.73 Å². The third-order valence-electron chi connectivity index (χ3n) is 4.09. The molecule has 24 heavy (non-hydrogen) atoms. The van der Waals surface area contributed by atoms with Gasteiger partial charge in [-0.05, 0) is 37.1 Å². The molecule has 2 rings (SSSR count). The second-order valence-corrected chi connectivity index (χ2v) is 5.95. The maximum atomic E-state index is 13.2. The number of nitrogens with zero attached hydrogens (tertiary/aromatic N) is 1. The van der Waals surface area contributed by atoms with Gasteiger partial charge in [0.15, 0.2) is 0 Å². The van der Waals surface area contributed by atoms with E-state index in [1.54, 1.807) is 4.90 Å². The summed E-state index contributed by atoms with van der Waals surface area (Å²) < 4.78 is 52.4. The third kappa shape index (κ3) is 4.91. The molecule has 1 aromatic carbocycles. The minimum absolute atomic E-state index is 0.0203. The molecule has 0 radical (unpaired) electrons. The van der Waals surface area contributed by atoms with E-state index in [1.165, 1.54) is 0 Å².